The molecule has 1 aliphatic heterocycles. The van der Waals surface area contributed by atoms with Gasteiger partial charge < -0.3 is 10.6 Å². The van der Waals surface area contributed by atoms with Crippen LogP contribution < -0.4 is 10.6 Å². The standard InChI is InChI=1S/C18H15BrN2O2/c1-11-15(17(22)12-6-3-2-4-7-12)16(21-18(23)20-11)13-8-5-9-14(19)10-13/h2-10,15-16H,1H2,(H2,20,21,23)/t15-,16-/m1/s1. The number of Topliss-reactive ketones (excluding diaryl/α,β-unsaturated/α-hetero) is 1. The van der Waals surface area contributed by atoms with E-state index in [2.05, 4.69) is 33.1 Å². The largest absolute Gasteiger partial charge is 0.330 e. The van der Waals surface area contributed by atoms with Crippen molar-refractivity contribution in [2.24, 2.45) is 5.92 Å². The fourth-order valence-corrected chi connectivity index (χ4v) is 3.17. The molecule has 0 spiro atoms. The molecule has 1 heterocycles. The number of benzene rings is 2. The van der Waals surface area contributed by atoms with Gasteiger partial charge in [0.2, 0.25) is 0 Å². The number of nitrogens with one attached hydrogen (secondary N) is 2. The van der Waals surface area contributed by atoms with Gasteiger partial charge in [0, 0.05) is 15.7 Å². The Balaban J connectivity index is 2.01. The first-order chi connectivity index (χ1) is 11.1. The molecule has 23 heavy (non-hydrogen) atoms. The number of rotatable bonds is 3. The lowest BCUT2D eigenvalue weighted by Gasteiger charge is -2.34. The van der Waals surface area contributed by atoms with Crippen molar-refractivity contribution in [1.82, 2.24) is 10.6 Å². The maximum Gasteiger partial charge on any atom is 0.319 e. The average Bonchev–Trinajstić information content (AvgIpc) is 2.54. The van der Waals surface area contributed by atoms with E-state index in [0.717, 1.165) is 10.0 Å². The zero-order chi connectivity index (χ0) is 16.4. The molecule has 5 heteroatoms. The summed E-state index contributed by atoms with van der Waals surface area (Å²) in [6, 6.07) is 15.8. The minimum absolute atomic E-state index is 0.0759. The number of amides is 2. The Morgan fingerprint density at radius 3 is 2.52 bits per heavy atom. The van der Waals surface area contributed by atoms with Crippen LogP contribution in [0.25, 0.3) is 0 Å². The van der Waals surface area contributed by atoms with Gasteiger partial charge in [-0.25, -0.2) is 4.79 Å². The molecule has 0 aromatic heterocycles. The van der Waals surface area contributed by atoms with Gasteiger partial charge in [0.05, 0.1) is 12.0 Å². The van der Waals surface area contributed by atoms with Crippen LogP contribution in [0.4, 0.5) is 4.79 Å². The molecule has 3 rings (SSSR count). The van der Waals surface area contributed by atoms with Crippen LogP contribution in [-0.2, 0) is 0 Å². The number of hydrogen-bond donors (Lipinski definition) is 2. The molecule has 4 nitrogen and oxygen atoms in total. The van der Waals surface area contributed by atoms with E-state index in [1.54, 1.807) is 12.1 Å². The van der Waals surface area contributed by atoms with Gasteiger partial charge in [-0.15, -0.1) is 0 Å². The van der Waals surface area contributed by atoms with Crippen LogP contribution in [0.15, 0.2) is 71.3 Å². The van der Waals surface area contributed by atoms with Crippen molar-refractivity contribution < 1.29 is 9.59 Å². The summed E-state index contributed by atoms with van der Waals surface area (Å²) in [5.41, 5.74) is 1.86. The van der Waals surface area contributed by atoms with Gasteiger partial charge in [-0.05, 0) is 17.7 Å². The average molecular weight is 371 g/mol. The molecule has 0 unspecified atom stereocenters. The van der Waals surface area contributed by atoms with Gasteiger partial charge in [0.25, 0.3) is 0 Å². The lowest BCUT2D eigenvalue weighted by molar-refractivity contribution is 0.0905. The summed E-state index contributed by atoms with van der Waals surface area (Å²) in [6.45, 7) is 3.89. The minimum atomic E-state index is -0.565. The lowest BCUT2D eigenvalue weighted by Crippen LogP contribution is -2.50. The first-order valence-electron chi connectivity index (χ1n) is 7.17. The van der Waals surface area contributed by atoms with Crippen LogP contribution >= 0.6 is 15.9 Å². The van der Waals surface area contributed by atoms with Gasteiger partial charge in [-0.1, -0.05) is 65.0 Å². The highest BCUT2D eigenvalue weighted by molar-refractivity contribution is 9.10. The number of halogens is 1. The van der Waals surface area contributed by atoms with Gasteiger partial charge in [0.1, 0.15) is 0 Å². The van der Waals surface area contributed by atoms with Crippen LogP contribution in [0.2, 0.25) is 0 Å². The SMILES string of the molecule is C=C1NC(=O)N[C@H](c2cccc(Br)c2)[C@@H]1C(=O)c1ccccc1. The van der Waals surface area contributed by atoms with Gasteiger partial charge in [0.15, 0.2) is 5.78 Å². The summed E-state index contributed by atoms with van der Waals surface area (Å²) in [7, 11) is 0. The molecule has 0 bridgehead atoms. The predicted octanol–water partition coefficient (Wildman–Crippen LogP) is 3.82. The molecule has 1 saturated heterocycles. The molecule has 2 aromatic carbocycles. The number of carbonyl (C=O) groups excluding carboxylic acids is 2. The lowest BCUT2D eigenvalue weighted by atomic mass is 9.83. The monoisotopic (exact) mass is 370 g/mol. The van der Waals surface area contributed by atoms with Crippen LogP contribution in [0, 0.1) is 5.92 Å². The van der Waals surface area contributed by atoms with Gasteiger partial charge >= 0.3 is 6.03 Å². The number of carbonyl (C=O) groups is 2. The Kier molecular flexibility index (Phi) is 4.30. The van der Waals surface area contributed by atoms with Crippen molar-refractivity contribution >= 4 is 27.7 Å². The molecule has 1 aliphatic rings. The van der Waals surface area contributed by atoms with Crippen LogP contribution in [0.5, 0.6) is 0 Å². The van der Waals surface area contributed by atoms with Crippen molar-refractivity contribution in [2.75, 3.05) is 0 Å². The fraction of sp³-hybridized carbons (Fsp3) is 0.111. The molecule has 0 radical (unpaired) electrons. The number of ketones is 1. The van der Waals surface area contributed by atoms with Crippen molar-refractivity contribution in [3.63, 3.8) is 0 Å². The second-order valence-corrected chi connectivity index (χ2v) is 6.28. The molecule has 0 saturated carbocycles. The van der Waals surface area contributed by atoms with E-state index in [0.29, 0.717) is 11.3 Å². The van der Waals surface area contributed by atoms with E-state index in [9.17, 15) is 9.59 Å². The Hall–Kier alpha value is -2.40. The van der Waals surface area contributed by atoms with E-state index in [1.807, 2.05) is 42.5 Å². The molecule has 2 N–H and O–H groups in total. The summed E-state index contributed by atoms with van der Waals surface area (Å²) in [4.78, 5) is 24.8. The third-order valence-corrected chi connectivity index (χ3v) is 4.31. The second-order valence-electron chi connectivity index (χ2n) is 5.36. The topological polar surface area (TPSA) is 58.2 Å². The summed E-state index contributed by atoms with van der Waals surface area (Å²) < 4.78 is 0.888. The molecule has 1 fully saturated rings. The minimum Gasteiger partial charge on any atom is -0.330 e. The number of hydrogen-bond acceptors (Lipinski definition) is 2. The molecule has 2 aromatic rings. The Bertz CT molecular complexity index is 774. The third kappa shape index (κ3) is 3.19. The highest BCUT2D eigenvalue weighted by atomic mass is 79.9. The Labute approximate surface area is 142 Å². The van der Waals surface area contributed by atoms with Crippen LogP contribution in [0.3, 0.4) is 0 Å². The van der Waals surface area contributed by atoms with Crippen LogP contribution in [-0.4, -0.2) is 11.8 Å². The fourth-order valence-electron chi connectivity index (χ4n) is 2.75. The second kappa shape index (κ2) is 6.38. The molecule has 116 valence electrons. The normalized spacial score (nSPS) is 20.6. The summed E-state index contributed by atoms with van der Waals surface area (Å²) in [6.07, 6.45) is 0. The summed E-state index contributed by atoms with van der Waals surface area (Å²) >= 11 is 3.43. The van der Waals surface area contributed by atoms with Gasteiger partial charge in [-0.3, -0.25) is 4.79 Å². The van der Waals surface area contributed by atoms with E-state index in [1.165, 1.54) is 0 Å². The Morgan fingerprint density at radius 2 is 1.83 bits per heavy atom. The van der Waals surface area contributed by atoms with E-state index >= 15 is 0 Å². The zero-order valence-electron chi connectivity index (χ0n) is 12.3. The molecule has 0 aliphatic carbocycles. The maximum absolute atomic E-state index is 12.9. The van der Waals surface area contributed by atoms with Crippen molar-refractivity contribution in [3.05, 3.63) is 82.5 Å². The first kappa shape index (κ1) is 15.5. The maximum atomic E-state index is 12.9. The third-order valence-electron chi connectivity index (χ3n) is 3.82. The van der Waals surface area contributed by atoms with Crippen molar-refractivity contribution in [3.8, 4) is 0 Å². The van der Waals surface area contributed by atoms with Crippen LogP contribution in [0.1, 0.15) is 22.0 Å². The smallest absolute Gasteiger partial charge is 0.319 e. The summed E-state index contributed by atoms with van der Waals surface area (Å²) in [5.74, 6) is -0.641. The number of urea groups is 1. The van der Waals surface area contributed by atoms with E-state index < -0.39 is 12.0 Å². The quantitative estimate of drug-likeness (QED) is 0.806. The highest BCUT2D eigenvalue weighted by Crippen LogP contribution is 2.33. The molecular formula is C18H15BrN2O2. The molecular weight excluding hydrogens is 356 g/mol. The van der Waals surface area contributed by atoms with Crippen molar-refractivity contribution in [1.29, 1.82) is 0 Å². The Morgan fingerprint density at radius 1 is 1.09 bits per heavy atom. The molecule has 2 amide bonds. The highest BCUT2D eigenvalue weighted by Gasteiger charge is 2.37. The zero-order valence-corrected chi connectivity index (χ0v) is 13.8. The molecule has 2 atom stereocenters. The van der Waals surface area contributed by atoms with Crippen molar-refractivity contribution in [2.45, 2.75) is 6.04 Å². The first-order valence-corrected chi connectivity index (χ1v) is 7.96. The summed E-state index contributed by atoms with van der Waals surface area (Å²) in [5, 5.41) is 5.46. The van der Waals surface area contributed by atoms with E-state index in [-0.39, 0.29) is 11.8 Å². The van der Waals surface area contributed by atoms with E-state index in [4.69, 9.17) is 0 Å². The predicted molar refractivity (Wildman–Crippen MR) is 92.0 cm³/mol. The van der Waals surface area contributed by atoms with Gasteiger partial charge in [-0.2, -0.15) is 0 Å².